The van der Waals surface area contributed by atoms with E-state index < -0.39 is 16.4 Å². The third kappa shape index (κ3) is 5.45. The summed E-state index contributed by atoms with van der Waals surface area (Å²) in [6.07, 6.45) is 1.28. The van der Waals surface area contributed by atoms with Crippen LogP contribution in [0.15, 0.2) is 55.2 Å². The van der Waals surface area contributed by atoms with Crippen molar-refractivity contribution in [3.8, 4) is 17.4 Å². The summed E-state index contributed by atoms with van der Waals surface area (Å²) in [5.41, 5.74) is 3.15. The second-order valence-electron chi connectivity index (χ2n) is 7.04. The predicted octanol–water partition coefficient (Wildman–Crippen LogP) is 3.26. The van der Waals surface area contributed by atoms with E-state index in [9.17, 15) is 25.0 Å². The maximum absolute atomic E-state index is 12.6. The lowest BCUT2D eigenvalue weighted by atomic mass is 10.1. The molecule has 12 heteroatoms. The fraction of sp³-hybridized carbons (Fsp3) is 0.182. The minimum Gasteiger partial charge on any atom is -0.455 e. The molecule has 0 radical (unpaired) electrons. The second-order valence-corrected chi connectivity index (χ2v) is 7.89. The van der Waals surface area contributed by atoms with Crippen molar-refractivity contribution in [2.45, 2.75) is 20.1 Å². The van der Waals surface area contributed by atoms with Gasteiger partial charge in [0.2, 0.25) is 0 Å². The minimum atomic E-state index is -0.585. The van der Waals surface area contributed by atoms with E-state index in [0.29, 0.717) is 32.8 Å². The number of nitro benzene ring substituents is 1. The number of methoxy groups -OCH3 is 1. The van der Waals surface area contributed by atoms with Crippen LogP contribution in [0, 0.1) is 28.4 Å². The zero-order valence-electron chi connectivity index (χ0n) is 18.1. The Labute approximate surface area is 201 Å². The summed E-state index contributed by atoms with van der Waals surface area (Å²) in [7, 11) is 1.46. The molecule has 0 unspecified atom stereocenters. The molecule has 0 saturated carbocycles. The van der Waals surface area contributed by atoms with Gasteiger partial charge in [-0.2, -0.15) is 10.4 Å². The summed E-state index contributed by atoms with van der Waals surface area (Å²) >= 11 is 3.29. The number of nitriles is 1. The van der Waals surface area contributed by atoms with Crippen LogP contribution in [0.1, 0.15) is 22.6 Å². The highest BCUT2D eigenvalue weighted by Gasteiger charge is 2.15. The Hall–Kier alpha value is -4.08. The molecule has 0 bridgehead atoms. The van der Waals surface area contributed by atoms with Crippen molar-refractivity contribution >= 4 is 33.7 Å². The van der Waals surface area contributed by atoms with Gasteiger partial charge in [0.25, 0.3) is 17.2 Å². The van der Waals surface area contributed by atoms with Gasteiger partial charge in [0.15, 0.2) is 0 Å². The Morgan fingerprint density at radius 2 is 2.15 bits per heavy atom. The summed E-state index contributed by atoms with van der Waals surface area (Å²) < 4.78 is 12.3. The van der Waals surface area contributed by atoms with E-state index in [2.05, 4.69) is 26.5 Å². The van der Waals surface area contributed by atoms with Crippen molar-refractivity contribution in [3.05, 3.63) is 83.9 Å². The molecule has 0 aliphatic heterocycles. The van der Waals surface area contributed by atoms with Gasteiger partial charge < -0.3 is 13.7 Å². The highest BCUT2D eigenvalue weighted by Crippen LogP contribution is 2.32. The number of hydrogen-bond donors (Lipinski definition) is 1. The van der Waals surface area contributed by atoms with E-state index in [-0.39, 0.29) is 24.4 Å². The third-order valence-corrected chi connectivity index (χ3v) is 5.40. The lowest BCUT2D eigenvalue weighted by Crippen LogP contribution is -2.33. The number of nitrogens with zero attached hydrogens (tertiary/aromatic N) is 4. The average molecular weight is 528 g/mol. The van der Waals surface area contributed by atoms with Gasteiger partial charge in [-0.15, -0.1) is 0 Å². The standard InChI is InChI=1S/C22H18BrN5O6/c1-13-7-14(12-33-2)18(9-24)22(30)27(13)11-21(29)26-25-10-16-4-6-20(34-16)17-5-3-15(28(31)32)8-19(17)23/h3-8,10H,11-12H2,1-2H3,(H,26,29). The Balaban J connectivity index is 1.69. The van der Waals surface area contributed by atoms with Gasteiger partial charge in [0.05, 0.1) is 17.7 Å². The molecule has 3 rings (SSSR count). The lowest BCUT2D eigenvalue weighted by Gasteiger charge is -2.12. The van der Waals surface area contributed by atoms with E-state index in [1.165, 1.54) is 30.0 Å². The van der Waals surface area contributed by atoms with Gasteiger partial charge in [-0.25, -0.2) is 5.43 Å². The summed E-state index contributed by atoms with van der Waals surface area (Å²) in [6.45, 7) is 1.43. The fourth-order valence-electron chi connectivity index (χ4n) is 3.15. The van der Waals surface area contributed by atoms with Gasteiger partial charge >= 0.3 is 0 Å². The maximum Gasteiger partial charge on any atom is 0.270 e. The Bertz CT molecular complexity index is 1390. The first-order chi connectivity index (χ1) is 16.2. The molecule has 34 heavy (non-hydrogen) atoms. The number of non-ortho nitro benzene ring substituents is 1. The lowest BCUT2D eigenvalue weighted by molar-refractivity contribution is -0.384. The second kappa shape index (κ2) is 10.7. The molecule has 11 nitrogen and oxygen atoms in total. The minimum absolute atomic E-state index is 0.0590. The molecule has 174 valence electrons. The number of amides is 1. The maximum atomic E-state index is 12.6. The molecule has 0 aliphatic rings. The Morgan fingerprint density at radius 3 is 2.79 bits per heavy atom. The first-order valence-corrected chi connectivity index (χ1v) is 10.5. The number of nitro groups is 1. The molecular formula is C22H18BrN5O6. The Kier molecular flexibility index (Phi) is 7.72. The number of nitrogens with one attached hydrogen (secondary N) is 1. The highest BCUT2D eigenvalue weighted by molar-refractivity contribution is 9.10. The molecule has 1 amide bonds. The predicted molar refractivity (Wildman–Crippen MR) is 125 cm³/mol. The van der Waals surface area contributed by atoms with Gasteiger partial charge in [0.1, 0.15) is 29.7 Å². The molecule has 1 aromatic carbocycles. The molecule has 0 saturated heterocycles. The SMILES string of the molecule is COCc1cc(C)n(CC(=O)NN=Cc2ccc(-c3ccc([N+](=O)[O-])cc3Br)o2)c(=O)c1C#N. The summed E-state index contributed by atoms with van der Waals surface area (Å²) in [5.74, 6) is 0.191. The van der Waals surface area contributed by atoms with E-state index in [1.54, 1.807) is 31.2 Å². The van der Waals surface area contributed by atoms with Crippen LogP contribution in [0.5, 0.6) is 0 Å². The van der Waals surface area contributed by atoms with E-state index >= 15 is 0 Å². The smallest absolute Gasteiger partial charge is 0.270 e. The fourth-order valence-corrected chi connectivity index (χ4v) is 3.71. The van der Waals surface area contributed by atoms with Crippen molar-refractivity contribution in [1.82, 2.24) is 9.99 Å². The highest BCUT2D eigenvalue weighted by atomic mass is 79.9. The van der Waals surface area contributed by atoms with Gasteiger partial charge in [0, 0.05) is 40.5 Å². The van der Waals surface area contributed by atoms with Crippen molar-refractivity contribution in [2.24, 2.45) is 5.10 Å². The summed E-state index contributed by atoms with van der Waals surface area (Å²) in [6, 6.07) is 11.0. The van der Waals surface area contributed by atoms with Crippen LogP contribution in [-0.4, -0.2) is 28.7 Å². The van der Waals surface area contributed by atoms with Crippen LogP contribution in [-0.2, 0) is 22.7 Å². The molecule has 1 N–H and O–H groups in total. The number of carbonyl (C=O) groups is 1. The zero-order valence-corrected chi connectivity index (χ0v) is 19.7. The number of ether oxygens (including phenoxy) is 1. The number of benzene rings is 1. The van der Waals surface area contributed by atoms with Crippen LogP contribution in [0.3, 0.4) is 0 Å². The number of aryl methyl sites for hydroxylation is 1. The molecule has 2 heterocycles. The number of hydrazone groups is 1. The average Bonchev–Trinajstić information content (AvgIpc) is 3.25. The van der Waals surface area contributed by atoms with Gasteiger partial charge in [-0.3, -0.25) is 19.7 Å². The number of halogens is 1. The molecular weight excluding hydrogens is 510 g/mol. The summed E-state index contributed by atoms with van der Waals surface area (Å²) in [5, 5.41) is 24.0. The van der Waals surface area contributed by atoms with E-state index in [0.717, 1.165) is 0 Å². The van der Waals surface area contributed by atoms with Crippen LogP contribution >= 0.6 is 15.9 Å². The normalized spacial score (nSPS) is 10.9. The number of rotatable bonds is 8. The monoisotopic (exact) mass is 527 g/mol. The van der Waals surface area contributed by atoms with Crippen molar-refractivity contribution < 1.29 is 18.9 Å². The van der Waals surface area contributed by atoms with Crippen LogP contribution < -0.4 is 11.0 Å². The molecule has 0 aliphatic carbocycles. The molecule has 2 aromatic heterocycles. The number of carbonyl (C=O) groups excluding carboxylic acids is 1. The van der Waals surface area contributed by atoms with E-state index in [1.807, 2.05) is 6.07 Å². The summed E-state index contributed by atoms with van der Waals surface area (Å²) in [4.78, 5) is 35.3. The van der Waals surface area contributed by atoms with Gasteiger partial charge in [-0.05, 0) is 47.1 Å². The topological polar surface area (TPSA) is 153 Å². The number of aromatic nitrogens is 1. The van der Waals surface area contributed by atoms with E-state index in [4.69, 9.17) is 9.15 Å². The van der Waals surface area contributed by atoms with Gasteiger partial charge in [-0.1, -0.05) is 0 Å². The number of furan rings is 1. The van der Waals surface area contributed by atoms with Crippen LogP contribution in [0.25, 0.3) is 11.3 Å². The molecule has 0 spiro atoms. The molecule has 0 atom stereocenters. The number of hydrogen-bond acceptors (Lipinski definition) is 8. The largest absolute Gasteiger partial charge is 0.455 e. The van der Waals surface area contributed by atoms with Crippen LogP contribution in [0.2, 0.25) is 0 Å². The third-order valence-electron chi connectivity index (χ3n) is 4.74. The molecule has 3 aromatic rings. The Morgan fingerprint density at radius 1 is 1.38 bits per heavy atom. The molecule has 0 fully saturated rings. The quantitative estimate of drug-likeness (QED) is 0.268. The first-order valence-electron chi connectivity index (χ1n) is 9.73. The first kappa shape index (κ1) is 24.6. The zero-order chi connectivity index (χ0) is 24.8. The van der Waals surface area contributed by atoms with Crippen molar-refractivity contribution in [3.63, 3.8) is 0 Å². The van der Waals surface area contributed by atoms with Crippen molar-refractivity contribution in [2.75, 3.05) is 7.11 Å². The van der Waals surface area contributed by atoms with Crippen molar-refractivity contribution in [1.29, 1.82) is 5.26 Å². The van der Waals surface area contributed by atoms with Crippen LogP contribution in [0.4, 0.5) is 5.69 Å². The number of pyridine rings is 1.